The van der Waals surface area contributed by atoms with Gasteiger partial charge in [-0.2, -0.15) is 0 Å². The van der Waals surface area contributed by atoms with E-state index in [-0.39, 0.29) is 18.0 Å². The molecule has 0 spiro atoms. The molecule has 1 saturated carbocycles. The Balaban J connectivity index is 1.63. The Labute approximate surface area is 166 Å². The maximum atomic E-state index is 12.7. The fourth-order valence-electron chi connectivity index (χ4n) is 3.68. The van der Waals surface area contributed by atoms with E-state index >= 15 is 0 Å². The van der Waals surface area contributed by atoms with Crippen molar-refractivity contribution < 1.29 is 14.6 Å². The Morgan fingerprint density at radius 3 is 2.93 bits per heavy atom. The van der Waals surface area contributed by atoms with Gasteiger partial charge in [0.1, 0.15) is 18.2 Å². The van der Waals surface area contributed by atoms with Gasteiger partial charge in [0.25, 0.3) is 5.91 Å². The van der Waals surface area contributed by atoms with Gasteiger partial charge in [0, 0.05) is 24.5 Å². The number of aromatic nitrogens is 2. The molecule has 1 fully saturated rings. The summed E-state index contributed by atoms with van der Waals surface area (Å²) in [6.07, 6.45) is 5.56. The highest BCUT2D eigenvalue weighted by molar-refractivity contribution is 5.94. The fraction of sp³-hybridized carbons (Fsp3) is 0.524. The second kappa shape index (κ2) is 9.21. The number of benzene rings is 1. The Kier molecular flexibility index (Phi) is 6.70. The van der Waals surface area contributed by atoms with Crippen molar-refractivity contribution in [1.29, 1.82) is 0 Å². The van der Waals surface area contributed by atoms with Crippen molar-refractivity contribution in [3.05, 3.63) is 48.0 Å². The van der Waals surface area contributed by atoms with Crippen LogP contribution in [0.15, 0.2) is 36.7 Å². The Morgan fingerprint density at radius 2 is 2.21 bits per heavy atom. The zero-order chi connectivity index (χ0) is 20.1. The van der Waals surface area contributed by atoms with E-state index in [1.54, 1.807) is 18.3 Å². The molecule has 0 saturated heterocycles. The molecule has 1 aromatic heterocycles. The summed E-state index contributed by atoms with van der Waals surface area (Å²) in [6, 6.07) is 6.82. The van der Waals surface area contributed by atoms with Gasteiger partial charge in [-0.1, -0.05) is 6.07 Å². The number of rotatable bonds is 7. The van der Waals surface area contributed by atoms with Gasteiger partial charge in [-0.25, -0.2) is 4.98 Å². The fourth-order valence-corrected chi connectivity index (χ4v) is 3.68. The van der Waals surface area contributed by atoms with Crippen LogP contribution < -0.4 is 10.1 Å². The molecule has 1 aromatic carbocycles. The lowest BCUT2D eigenvalue weighted by Crippen LogP contribution is -2.49. The minimum atomic E-state index is -0.648. The summed E-state index contributed by atoms with van der Waals surface area (Å²) < 4.78 is 7.72. The first-order valence-corrected chi connectivity index (χ1v) is 9.81. The van der Waals surface area contributed by atoms with E-state index in [9.17, 15) is 9.90 Å². The number of hydrogen-bond acceptors (Lipinski definition) is 5. The number of aryl methyl sites for hydroxylation is 1. The average molecular weight is 386 g/mol. The quantitative estimate of drug-likeness (QED) is 0.761. The molecule has 2 N–H and O–H groups in total. The molecule has 0 radical (unpaired) electrons. The van der Waals surface area contributed by atoms with Crippen LogP contribution >= 0.6 is 0 Å². The molecule has 7 heteroatoms. The second-order valence-corrected chi connectivity index (χ2v) is 7.63. The van der Waals surface area contributed by atoms with E-state index in [0.29, 0.717) is 17.9 Å². The number of carbonyl (C=O) groups excluding carboxylic acids is 1. The maximum Gasteiger partial charge on any atom is 0.251 e. The number of ether oxygens (including phenoxy) is 1. The molecular formula is C21H30N4O3. The predicted octanol–water partition coefficient (Wildman–Crippen LogP) is 2.02. The molecule has 2 aromatic rings. The molecule has 3 atom stereocenters. The van der Waals surface area contributed by atoms with Crippen LogP contribution in [0.5, 0.6) is 5.75 Å². The van der Waals surface area contributed by atoms with Crippen molar-refractivity contribution >= 4 is 5.91 Å². The lowest BCUT2D eigenvalue weighted by Gasteiger charge is -2.36. The summed E-state index contributed by atoms with van der Waals surface area (Å²) in [5.41, 5.74) is 0.537. The molecule has 0 unspecified atom stereocenters. The zero-order valence-corrected chi connectivity index (χ0v) is 16.8. The van der Waals surface area contributed by atoms with Crippen molar-refractivity contribution in [1.82, 2.24) is 19.8 Å². The van der Waals surface area contributed by atoms with Gasteiger partial charge in [-0.15, -0.1) is 0 Å². The van der Waals surface area contributed by atoms with E-state index in [1.807, 2.05) is 48.8 Å². The normalized spacial score (nSPS) is 22.2. The number of nitrogens with zero attached hydrogens (tertiary/aromatic N) is 3. The van der Waals surface area contributed by atoms with E-state index in [1.165, 1.54) is 0 Å². The van der Waals surface area contributed by atoms with Gasteiger partial charge in [-0.05, 0) is 58.5 Å². The van der Waals surface area contributed by atoms with E-state index in [4.69, 9.17) is 4.74 Å². The molecule has 152 valence electrons. The van der Waals surface area contributed by atoms with Gasteiger partial charge in [0.05, 0.1) is 18.2 Å². The zero-order valence-electron chi connectivity index (χ0n) is 16.8. The second-order valence-electron chi connectivity index (χ2n) is 7.63. The Morgan fingerprint density at radius 1 is 1.39 bits per heavy atom. The van der Waals surface area contributed by atoms with Gasteiger partial charge in [0.15, 0.2) is 0 Å². The lowest BCUT2D eigenvalue weighted by atomic mass is 9.87. The number of aliphatic hydroxyl groups is 1. The van der Waals surface area contributed by atoms with Crippen molar-refractivity contribution in [3.8, 4) is 5.75 Å². The van der Waals surface area contributed by atoms with Gasteiger partial charge < -0.3 is 24.6 Å². The van der Waals surface area contributed by atoms with Crippen molar-refractivity contribution in [2.24, 2.45) is 0 Å². The van der Waals surface area contributed by atoms with E-state index in [0.717, 1.165) is 31.6 Å². The SMILES string of the molecule is Cc1nccn1[C@@H]1CCC[C@@H](NC(=O)c2cccc(OCCN(C)C)c2)[C@H]1O. The predicted molar refractivity (Wildman–Crippen MR) is 108 cm³/mol. The van der Waals surface area contributed by atoms with Gasteiger partial charge in [0.2, 0.25) is 0 Å². The summed E-state index contributed by atoms with van der Waals surface area (Å²) in [5, 5.41) is 13.9. The van der Waals surface area contributed by atoms with Crippen molar-refractivity contribution in [2.75, 3.05) is 27.2 Å². The molecule has 1 heterocycles. The molecule has 7 nitrogen and oxygen atoms in total. The van der Waals surface area contributed by atoms with Crippen molar-refractivity contribution in [2.45, 2.75) is 44.4 Å². The largest absolute Gasteiger partial charge is 0.492 e. The summed E-state index contributed by atoms with van der Waals surface area (Å²) in [6.45, 7) is 3.29. The molecule has 1 aliphatic carbocycles. The number of hydrogen-bond donors (Lipinski definition) is 2. The van der Waals surface area contributed by atoms with Gasteiger partial charge in [-0.3, -0.25) is 4.79 Å². The Bertz CT molecular complexity index is 789. The first-order valence-electron chi connectivity index (χ1n) is 9.81. The summed E-state index contributed by atoms with van der Waals surface area (Å²) in [5.74, 6) is 1.36. The summed E-state index contributed by atoms with van der Waals surface area (Å²) in [7, 11) is 3.97. The third-order valence-electron chi connectivity index (χ3n) is 5.26. The highest BCUT2D eigenvalue weighted by Gasteiger charge is 2.34. The van der Waals surface area contributed by atoms with E-state index in [2.05, 4.69) is 10.3 Å². The van der Waals surface area contributed by atoms with Crippen LogP contribution in [-0.2, 0) is 0 Å². The smallest absolute Gasteiger partial charge is 0.251 e. The van der Waals surface area contributed by atoms with Crippen LogP contribution in [0.4, 0.5) is 0 Å². The summed E-state index contributed by atoms with van der Waals surface area (Å²) in [4.78, 5) is 19.0. The molecule has 1 aliphatic rings. The third-order valence-corrected chi connectivity index (χ3v) is 5.26. The van der Waals surface area contributed by atoms with Crippen molar-refractivity contribution in [3.63, 3.8) is 0 Å². The number of carbonyl (C=O) groups is 1. The van der Waals surface area contributed by atoms with Crippen LogP contribution in [0, 0.1) is 6.92 Å². The monoisotopic (exact) mass is 386 g/mol. The van der Waals surface area contributed by atoms with Gasteiger partial charge >= 0.3 is 0 Å². The standard InChI is InChI=1S/C21H30N4O3/c1-15-22-10-11-25(15)19-9-5-8-18(20(19)26)23-21(27)16-6-4-7-17(14-16)28-13-12-24(2)3/h4,6-7,10-11,14,18-20,26H,5,8-9,12-13H2,1-3H3,(H,23,27)/t18-,19-,20-/m1/s1. The molecule has 28 heavy (non-hydrogen) atoms. The van der Waals surface area contributed by atoms with Crippen LogP contribution in [0.25, 0.3) is 0 Å². The number of imidazole rings is 1. The maximum absolute atomic E-state index is 12.7. The minimum Gasteiger partial charge on any atom is -0.492 e. The molecule has 0 aliphatic heterocycles. The van der Waals surface area contributed by atoms with Crippen LogP contribution in [0.2, 0.25) is 0 Å². The summed E-state index contributed by atoms with van der Waals surface area (Å²) >= 11 is 0. The molecular weight excluding hydrogens is 356 g/mol. The molecule has 0 bridgehead atoms. The van der Waals surface area contributed by atoms with Crippen LogP contribution in [0.3, 0.4) is 0 Å². The lowest BCUT2D eigenvalue weighted by molar-refractivity contribution is 0.0392. The van der Waals surface area contributed by atoms with Crippen LogP contribution in [-0.4, -0.2) is 64.9 Å². The molecule has 3 rings (SSSR count). The first-order chi connectivity index (χ1) is 13.5. The average Bonchev–Trinajstić information content (AvgIpc) is 3.09. The number of likely N-dealkylation sites (N-methyl/N-ethyl adjacent to an activating group) is 1. The topological polar surface area (TPSA) is 79.6 Å². The number of amides is 1. The first kappa shape index (κ1) is 20.4. The third kappa shape index (κ3) is 4.91. The van der Waals surface area contributed by atoms with Crippen LogP contribution in [0.1, 0.15) is 41.5 Å². The number of nitrogens with one attached hydrogen (secondary N) is 1. The Hall–Kier alpha value is -2.38. The molecule has 1 amide bonds. The highest BCUT2D eigenvalue weighted by Crippen LogP contribution is 2.30. The minimum absolute atomic E-state index is 0.0674. The number of aliphatic hydroxyl groups excluding tert-OH is 1. The van der Waals surface area contributed by atoms with E-state index < -0.39 is 6.10 Å². The highest BCUT2D eigenvalue weighted by atomic mass is 16.5.